The van der Waals surface area contributed by atoms with E-state index in [1.165, 1.54) is 19.1 Å². The summed E-state index contributed by atoms with van der Waals surface area (Å²) in [7, 11) is 0. The molecule has 10 heteroatoms. The SMILES string of the molecule is CCC(C)OC(=O)O[C@@H](C)CC(N)(Cc1ccc(OC(=O)CC(C)C)c(OC(=O)CC(C)C)c1)C(=O)O. The van der Waals surface area contributed by atoms with Gasteiger partial charge in [0, 0.05) is 25.7 Å². The number of carbonyl (C=O) groups excluding carboxylic acids is 3. The molecule has 0 spiro atoms. The quantitative estimate of drug-likeness (QED) is 0.260. The van der Waals surface area contributed by atoms with E-state index in [0.717, 1.165) is 0 Å². The van der Waals surface area contributed by atoms with Crippen molar-refractivity contribution in [3.05, 3.63) is 23.8 Å². The van der Waals surface area contributed by atoms with E-state index in [4.69, 9.17) is 24.7 Å². The van der Waals surface area contributed by atoms with Crippen molar-refractivity contribution >= 4 is 24.1 Å². The summed E-state index contributed by atoms with van der Waals surface area (Å²) in [5.41, 5.74) is 4.85. The fourth-order valence-electron chi connectivity index (χ4n) is 3.42. The molecule has 0 bridgehead atoms. The molecule has 3 atom stereocenters. The smallest absolute Gasteiger partial charge is 0.480 e. The van der Waals surface area contributed by atoms with E-state index in [1.54, 1.807) is 13.0 Å². The van der Waals surface area contributed by atoms with Crippen LogP contribution < -0.4 is 15.2 Å². The summed E-state index contributed by atoms with van der Waals surface area (Å²) >= 11 is 0. The molecule has 10 nitrogen and oxygen atoms in total. The van der Waals surface area contributed by atoms with Crippen LogP contribution in [0.5, 0.6) is 11.5 Å². The number of esters is 2. The first-order valence-corrected chi connectivity index (χ1v) is 12.6. The van der Waals surface area contributed by atoms with Crippen LogP contribution in [0, 0.1) is 11.8 Å². The van der Waals surface area contributed by atoms with Gasteiger partial charge in [-0.1, -0.05) is 40.7 Å². The molecule has 0 aliphatic carbocycles. The molecule has 0 radical (unpaired) electrons. The monoisotopic (exact) mass is 523 g/mol. The van der Waals surface area contributed by atoms with Crippen molar-refractivity contribution in [2.75, 3.05) is 0 Å². The van der Waals surface area contributed by atoms with Gasteiger partial charge >= 0.3 is 24.1 Å². The number of hydrogen-bond donors (Lipinski definition) is 2. The maximum Gasteiger partial charge on any atom is 0.508 e. The van der Waals surface area contributed by atoms with Crippen molar-refractivity contribution in [3.63, 3.8) is 0 Å². The zero-order chi connectivity index (χ0) is 28.3. The standard InChI is InChI=1S/C27H41NO9/c1-8-18(6)34-26(33)35-19(7)14-27(28,25(31)32)15-20-9-10-21(36-23(29)11-16(2)3)22(13-20)37-24(30)12-17(4)5/h9-10,13,16-19H,8,11-12,14-15,28H2,1-7H3,(H,31,32)/t18?,19-,27?/m0/s1. The lowest BCUT2D eigenvalue weighted by molar-refractivity contribution is -0.145. The Hall–Kier alpha value is -3.14. The number of carbonyl (C=O) groups is 4. The predicted molar refractivity (Wildman–Crippen MR) is 136 cm³/mol. The van der Waals surface area contributed by atoms with Gasteiger partial charge in [-0.05, 0) is 49.8 Å². The van der Waals surface area contributed by atoms with Crippen molar-refractivity contribution in [1.29, 1.82) is 0 Å². The Morgan fingerprint density at radius 3 is 1.86 bits per heavy atom. The van der Waals surface area contributed by atoms with Gasteiger partial charge < -0.3 is 29.8 Å². The largest absolute Gasteiger partial charge is 0.508 e. The Morgan fingerprint density at radius 2 is 1.38 bits per heavy atom. The summed E-state index contributed by atoms with van der Waals surface area (Å²) in [6.45, 7) is 12.6. The van der Waals surface area contributed by atoms with E-state index in [1.807, 2.05) is 34.6 Å². The Kier molecular flexibility index (Phi) is 12.6. The lowest BCUT2D eigenvalue weighted by Gasteiger charge is -2.28. The minimum Gasteiger partial charge on any atom is -0.480 e. The van der Waals surface area contributed by atoms with Gasteiger partial charge in [-0.25, -0.2) is 4.79 Å². The number of hydrogen-bond acceptors (Lipinski definition) is 9. The van der Waals surface area contributed by atoms with Gasteiger partial charge in [-0.2, -0.15) is 0 Å². The number of aliphatic carboxylic acids is 1. The molecule has 0 fully saturated rings. The van der Waals surface area contributed by atoms with Crippen molar-refractivity contribution in [1.82, 2.24) is 0 Å². The van der Waals surface area contributed by atoms with Gasteiger partial charge in [-0.15, -0.1) is 0 Å². The first kappa shape index (κ1) is 31.9. The predicted octanol–water partition coefficient (Wildman–Crippen LogP) is 4.64. The molecule has 37 heavy (non-hydrogen) atoms. The zero-order valence-electron chi connectivity index (χ0n) is 22.9. The van der Waals surface area contributed by atoms with Crippen molar-refractivity contribution in [3.8, 4) is 11.5 Å². The van der Waals surface area contributed by atoms with Crippen LogP contribution in [-0.4, -0.2) is 46.9 Å². The van der Waals surface area contributed by atoms with Crippen LogP contribution in [0.4, 0.5) is 4.79 Å². The van der Waals surface area contributed by atoms with E-state index >= 15 is 0 Å². The van der Waals surface area contributed by atoms with Crippen molar-refractivity contribution in [2.24, 2.45) is 17.6 Å². The fourth-order valence-corrected chi connectivity index (χ4v) is 3.42. The summed E-state index contributed by atoms with van der Waals surface area (Å²) in [6, 6.07) is 4.42. The van der Waals surface area contributed by atoms with E-state index in [-0.39, 0.29) is 55.1 Å². The van der Waals surface area contributed by atoms with Crippen molar-refractivity contribution < 1.29 is 43.2 Å². The van der Waals surface area contributed by atoms with E-state index in [9.17, 15) is 24.3 Å². The van der Waals surface area contributed by atoms with Gasteiger partial charge in [0.05, 0.1) is 0 Å². The summed E-state index contributed by atoms with van der Waals surface area (Å²) in [6.07, 6.45) is -1.56. The fraction of sp³-hybridized carbons (Fsp3) is 0.630. The molecule has 0 aliphatic rings. The van der Waals surface area contributed by atoms with Crippen LogP contribution in [0.2, 0.25) is 0 Å². The third-order valence-electron chi connectivity index (χ3n) is 5.37. The maximum atomic E-state index is 12.3. The summed E-state index contributed by atoms with van der Waals surface area (Å²) < 4.78 is 21.1. The first-order chi connectivity index (χ1) is 17.1. The molecule has 2 unspecified atom stereocenters. The highest BCUT2D eigenvalue weighted by molar-refractivity contribution is 5.79. The molecule has 0 aliphatic heterocycles. The molecule has 1 aromatic carbocycles. The molecule has 0 heterocycles. The number of rotatable bonds is 14. The summed E-state index contributed by atoms with van der Waals surface area (Å²) in [5, 5.41) is 9.88. The third-order valence-corrected chi connectivity index (χ3v) is 5.37. The summed E-state index contributed by atoms with van der Waals surface area (Å²) in [5.74, 6) is -2.16. The van der Waals surface area contributed by atoms with Crippen LogP contribution in [-0.2, 0) is 30.3 Å². The average Bonchev–Trinajstić information content (AvgIpc) is 2.73. The minimum atomic E-state index is -1.81. The second-order valence-electron chi connectivity index (χ2n) is 10.3. The molecule has 0 saturated carbocycles. The highest BCUT2D eigenvalue weighted by Crippen LogP contribution is 2.32. The van der Waals surface area contributed by atoms with E-state index < -0.39 is 35.7 Å². The third kappa shape index (κ3) is 11.6. The van der Waals surface area contributed by atoms with Crippen LogP contribution in [0.3, 0.4) is 0 Å². The second-order valence-corrected chi connectivity index (χ2v) is 10.3. The molecule has 1 aromatic rings. The number of nitrogens with two attached hydrogens (primary N) is 1. The van der Waals surface area contributed by atoms with Crippen molar-refractivity contribution in [2.45, 2.75) is 98.3 Å². The minimum absolute atomic E-state index is 0.00516. The van der Waals surface area contributed by atoms with E-state index in [0.29, 0.717) is 12.0 Å². The number of benzene rings is 1. The molecule has 208 valence electrons. The Morgan fingerprint density at radius 1 is 0.865 bits per heavy atom. The van der Waals surface area contributed by atoms with Crippen LogP contribution >= 0.6 is 0 Å². The zero-order valence-corrected chi connectivity index (χ0v) is 22.9. The molecule has 0 saturated heterocycles. The number of carboxylic acid groups (broad SMARTS) is 1. The Labute approximate surface area is 218 Å². The van der Waals surface area contributed by atoms with E-state index in [2.05, 4.69) is 0 Å². The lowest BCUT2D eigenvalue weighted by atomic mass is 9.86. The molecule has 0 amide bonds. The van der Waals surface area contributed by atoms with Crippen LogP contribution in [0.1, 0.15) is 79.7 Å². The van der Waals surface area contributed by atoms with Gasteiger partial charge in [0.15, 0.2) is 11.5 Å². The van der Waals surface area contributed by atoms with Crippen LogP contribution in [0.25, 0.3) is 0 Å². The van der Waals surface area contributed by atoms with Gasteiger partial charge in [-0.3, -0.25) is 14.4 Å². The van der Waals surface area contributed by atoms with Gasteiger partial charge in [0.2, 0.25) is 0 Å². The second kappa shape index (κ2) is 14.6. The molecule has 1 rings (SSSR count). The molecule has 0 aromatic heterocycles. The first-order valence-electron chi connectivity index (χ1n) is 12.6. The van der Waals surface area contributed by atoms with Gasteiger partial charge in [0.1, 0.15) is 17.7 Å². The normalized spacial score (nSPS) is 14.4. The lowest BCUT2D eigenvalue weighted by Crippen LogP contribution is -2.52. The molecule has 3 N–H and O–H groups in total. The topological polar surface area (TPSA) is 151 Å². The Bertz CT molecular complexity index is 944. The Balaban J connectivity index is 3.15. The molecular formula is C27H41NO9. The average molecular weight is 524 g/mol. The maximum absolute atomic E-state index is 12.3. The van der Waals surface area contributed by atoms with Crippen LogP contribution in [0.15, 0.2) is 18.2 Å². The molecular weight excluding hydrogens is 482 g/mol. The summed E-state index contributed by atoms with van der Waals surface area (Å²) in [4.78, 5) is 48.6. The number of carboxylic acids is 1. The number of ether oxygens (including phenoxy) is 4. The van der Waals surface area contributed by atoms with Gasteiger partial charge in [0.25, 0.3) is 0 Å². The highest BCUT2D eigenvalue weighted by atomic mass is 16.7. The highest BCUT2D eigenvalue weighted by Gasteiger charge is 2.37.